The average Bonchev–Trinajstić information content (AvgIpc) is 3.28. The van der Waals surface area contributed by atoms with Gasteiger partial charge >= 0.3 is 0 Å². The van der Waals surface area contributed by atoms with E-state index in [1.807, 2.05) is 30.3 Å². The van der Waals surface area contributed by atoms with Crippen LogP contribution in [-0.4, -0.2) is 66.5 Å². The van der Waals surface area contributed by atoms with Gasteiger partial charge in [-0.3, -0.25) is 4.79 Å². The van der Waals surface area contributed by atoms with E-state index in [2.05, 4.69) is 20.4 Å². The smallest absolute Gasteiger partial charge is 0.247 e. The van der Waals surface area contributed by atoms with Crippen molar-refractivity contribution in [1.82, 2.24) is 19.4 Å². The number of aromatic nitrogens is 2. The molecule has 0 unspecified atom stereocenters. The van der Waals surface area contributed by atoms with Gasteiger partial charge in [-0.25, -0.2) is 8.42 Å². The fourth-order valence-corrected chi connectivity index (χ4v) is 4.98. The van der Waals surface area contributed by atoms with Crippen molar-refractivity contribution in [3.63, 3.8) is 0 Å². The third-order valence-corrected chi connectivity index (χ3v) is 7.19. The monoisotopic (exact) mass is 455 g/mol. The van der Waals surface area contributed by atoms with Gasteiger partial charge in [-0.1, -0.05) is 18.2 Å². The molecule has 1 aliphatic heterocycles. The van der Waals surface area contributed by atoms with Crippen LogP contribution in [0.3, 0.4) is 0 Å². The number of hydrogen-bond donors (Lipinski definition) is 1. The molecular formula is C22H25N5O4S. The number of carbonyl (C=O) groups excluding carboxylic acids is 1. The number of hydrogen-bond acceptors (Lipinski definition) is 7. The summed E-state index contributed by atoms with van der Waals surface area (Å²) >= 11 is 0. The van der Waals surface area contributed by atoms with Crippen molar-refractivity contribution in [2.24, 2.45) is 0 Å². The number of benzene rings is 2. The van der Waals surface area contributed by atoms with E-state index in [4.69, 9.17) is 4.42 Å². The molecule has 0 bridgehead atoms. The molecule has 1 fully saturated rings. The maximum atomic E-state index is 12.9. The number of anilines is 1. The molecule has 3 aromatic rings. The van der Waals surface area contributed by atoms with Gasteiger partial charge in [0.1, 0.15) is 0 Å². The minimum Gasteiger partial charge on any atom is -0.421 e. The summed E-state index contributed by atoms with van der Waals surface area (Å²) < 4.78 is 33.1. The van der Waals surface area contributed by atoms with Crippen LogP contribution in [0.5, 0.6) is 0 Å². The third-order valence-electron chi connectivity index (χ3n) is 5.27. The summed E-state index contributed by atoms with van der Waals surface area (Å²) in [6, 6.07) is 15.8. The summed E-state index contributed by atoms with van der Waals surface area (Å²) in [4.78, 5) is 13.5. The van der Waals surface area contributed by atoms with E-state index in [9.17, 15) is 13.2 Å². The molecule has 0 saturated carbocycles. The standard InChI is InChI=1S/C22H25N5O4S/c1-17(28)23-19-7-9-20(10-8-19)32(29,30)27-15-13-26(14-16-27)12-11-21-24-25-22(31-21)18-5-3-2-4-6-18/h2-10H,11-16H2,1H3,(H,23,28). The molecule has 0 aliphatic carbocycles. The zero-order valence-corrected chi connectivity index (χ0v) is 18.6. The van der Waals surface area contributed by atoms with Gasteiger partial charge < -0.3 is 14.6 Å². The highest BCUT2D eigenvalue weighted by atomic mass is 32.2. The maximum absolute atomic E-state index is 12.9. The first-order valence-electron chi connectivity index (χ1n) is 10.4. The Labute approximate surface area is 187 Å². The van der Waals surface area contributed by atoms with E-state index in [0.29, 0.717) is 50.1 Å². The van der Waals surface area contributed by atoms with Crippen LogP contribution in [-0.2, 0) is 21.2 Å². The van der Waals surface area contributed by atoms with Gasteiger partial charge in [0.15, 0.2) is 0 Å². The lowest BCUT2D eigenvalue weighted by molar-refractivity contribution is -0.114. The number of rotatable bonds is 7. The van der Waals surface area contributed by atoms with Crippen LogP contribution in [0, 0.1) is 0 Å². The predicted molar refractivity (Wildman–Crippen MR) is 119 cm³/mol. The topological polar surface area (TPSA) is 109 Å². The predicted octanol–water partition coefficient (Wildman–Crippen LogP) is 2.24. The van der Waals surface area contributed by atoms with Crippen molar-refractivity contribution in [2.75, 3.05) is 38.0 Å². The Bertz CT molecular complexity index is 1150. The quantitative estimate of drug-likeness (QED) is 0.582. The van der Waals surface area contributed by atoms with Gasteiger partial charge in [0, 0.05) is 57.3 Å². The van der Waals surface area contributed by atoms with Crippen LogP contribution in [0.25, 0.3) is 11.5 Å². The van der Waals surface area contributed by atoms with E-state index in [-0.39, 0.29) is 10.8 Å². The van der Waals surface area contributed by atoms with Crippen LogP contribution in [0.1, 0.15) is 12.8 Å². The van der Waals surface area contributed by atoms with Crippen LogP contribution >= 0.6 is 0 Å². The van der Waals surface area contributed by atoms with E-state index in [1.165, 1.54) is 23.4 Å². The van der Waals surface area contributed by atoms with Crippen molar-refractivity contribution >= 4 is 21.6 Å². The first-order valence-corrected chi connectivity index (χ1v) is 11.8. The lowest BCUT2D eigenvalue weighted by Crippen LogP contribution is -2.49. The average molecular weight is 456 g/mol. The Hall–Kier alpha value is -3.08. The lowest BCUT2D eigenvalue weighted by atomic mass is 10.2. The molecule has 168 valence electrons. The van der Waals surface area contributed by atoms with Crippen LogP contribution in [0.15, 0.2) is 63.9 Å². The molecule has 4 rings (SSSR count). The summed E-state index contributed by atoms with van der Waals surface area (Å²) in [6.45, 7) is 4.20. The summed E-state index contributed by atoms with van der Waals surface area (Å²) in [6.07, 6.45) is 0.608. The fourth-order valence-electron chi connectivity index (χ4n) is 3.56. The highest BCUT2D eigenvalue weighted by molar-refractivity contribution is 7.89. The van der Waals surface area contributed by atoms with Crippen molar-refractivity contribution in [2.45, 2.75) is 18.2 Å². The molecule has 2 heterocycles. The summed E-state index contributed by atoms with van der Waals surface area (Å²) in [5, 5.41) is 10.9. The van der Waals surface area contributed by atoms with Gasteiger partial charge in [0.2, 0.25) is 27.7 Å². The van der Waals surface area contributed by atoms with Crippen molar-refractivity contribution < 1.29 is 17.6 Å². The Morgan fingerprint density at radius 3 is 2.34 bits per heavy atom. The largest absolute Gasteiger partial charge is 0.421 e. The van der Waals surface area contributed by atoms with E-state index >= 15 is 0 Å². The van der Waals surface area contributed by atoms with Crippen LogP contribution < -0.4 is 5.32 Å². The molecular weight excluding hydrogens is 430 g/mol. The minimum atomic E-state index is -3.57. The molecule has 9 nitrogen and oxygen atoms in total. The summed E-state index contributed by atoms with van der Waals surface area (Å²) in [7, 11) is -3.57. The molecule has 1 amide bonds. The number of nitrogens with one attached hydrogen (secondary N) is 1. The highest BCUT2D eigenvalue weighted by Gasteiger charge is 2.28. The zero-order valence-electron chi connectivity index (χ0n) is 17.8. The summed E-state index contributed by atoms with van der Waals surface area (Å²) in [5.74, 6) is 0.868. The number of sulfonamides is 1. The van der Waals surface area contributed by atoms with Gasteiger partial charge in [0.05, 0.1) is 4.90 Å². The second kappa shape index (κ2) is 9.60. The van der Waals surface area contributed by atoms with Crippen LogP contribution in [0.4, 0.5) is 5.69 Å². The molecule has 32 heavy (non-hydrogen) atoms. The molecule has 1 saturated heterocycles. The molecule has 0 spiro atoms. The second-order valence-corrected chi connectivity index (χ2v) is 9.51. The number of carbonyl (C=O) groups is 1. The Morgan fingerprint density at radius 2 is 1.69 bits per heavy atom. The van der Waals surface area contributed by atoms with Gasteiger partial charge in [-0.2, -0.15) is 4.31 Å². The Balaban J connectivity index is 1.29. The molecule has 0 atom stereocenters. The van der Waals surface area contributed by atoms with E-state index < -0.39 is 10.0 Å². The van der Waals surface area contributed by atoms with E-state index in [0.717, 1.165) is 12.1 Å². The molecule has 10 heteroatoms. The third kappa shape index (κ3) is 5.21. The minimum absolute atomic E-state index is 0.200. The first kappa shape index (κ1) is 22.1. The van der Waals surface area contributed by atoms with Crippen LogP contribution in [0.2, 0.25) is 0 Å². The molecule has 1 aliphatic rings. The lowest BCUT2D eigenvalue weighted by Gasteiger charge is -2.33. The van der Waals surface area contributed by atoms with E-state index in [1.54, 1.807) is 12.1 Å². The molecule has 1 N–H and O–H groups in total. The number of piperazine rings is 1. The Morgan fingerprint density at radius 1 is 1.00 bits per heavy atom. The van der Waals surface area contributed by atoms with Crippen molar-refractivity contribution in [1.29, 1.82) is 0 Å². The number of amides is 1. The normalized spacial score (nSPS) is 15.5. The molecule has 1 aromatic heterocycles. The Kier molecular flexibility index (Phi) is 6.63. The first-order chi connectivity index (χ1) is 15.4. The molecule has 2 aromatic carbocycles. The van der Waals surface area contributed by atoms with Crippen molar-refractivity contribution in [3.8, 4) is 11.5 Å². The fraction of sp³-hybridized carbons (Fsp3) is 0.318. The molecule has 0 radical (unpaired) electrons. The highest BCUT2D eigenvalue weighted by Crippen LogP contribution is 2.21. The van der Waals surface area contributed by atoms with Gasteiger partial charge in [0.25, 0.3) is 0 Å². The summed E-state index contributed by atoms with van der Waals surface area (Å²) in [5.41, 5.74) is 1.45. The van der Waals surface area contributed by atoms with Crippen molar-refractivity contribution in [3.05, 3.63) is 60.5 Å². The van der Waals surface area contributed by atoms with Gasteiger partial charge in [-0.05, 0) is 36.4 Å². The second-order valence-electron chi connectivity index (χ2n) is 7.57. The van der Waals surface area contributed by atoms with Gasteiger partial charge in [-0.15, -0.1) is 10.2 Å². The SMILES string of the molecule is CC(=O)Nc1ccc(S(=O)(=O)N2CCN(CCc3nnc(-c4ccccc4)o3)CC2)cc1. The number of nitrogens with zero attached hydrogens (tertiary/aromatic N) is 4. The maximum Gasteiger partial charge on any atom is 0.247 e. The zero-order chi connectivity index (χ0) is 22.6.